The number of aromatic amines is 1. The summed E-state index contributed by atoms with van der Waals surface area (Å²) in [5, 5.41) is 13.4. The molecule has 3 rings (SSSR count). The van der Waals surface area contributed by atoms with Gasteiger partial charge in [0.15, 0.2) is 0 Å². The summed E-state index contributed by atoms with van der Waals surface area (Å²) in [6.45, 7) is 1.93. The van der Waals surface area contributed by atoms with Gasteiger partial charge in [0.25, 0.3) is 11.5 Å². The Hall–Kier alpha value is -2.60. The number of aromatic nitrogens is 1. The minimum Gasteiger partial charge on any atom is -0.506 e. The summed E-state index contributed by atoms with van der Waals surface area (Å²) in [5.74, 6) is -0.996. The largest absolute Gasteiger partial charge is 0.506 e. The number of H-pyrrole nitrogens is 1. The molecule has 6 heteroatoms. The number of carbonyl (C=O) groups excluding carboxylic acids is 1. The zero-order valence-electron chi connectivity index (χ0n) is 12.2. The Balaban J connectivity index is 2.06. The Morgan fingerprint density at radius 1 is 1.22 bits per heavy atom. The van der Waals surface area contributed by atoms with Crippen molar-refractivity contribution >= 4 is 38.4 Å². The Morgan fingerprint density at radius 3 is 2.70 bits per heavy atom. The van der Waals surface area contributed by atoms with Crippen LogP contribution in [0.4, 0.5) is 5.69 Å². The van der Waals surface area contributed by atoms with Gasteiger partial charge >= 0.3 is 0 Å². The Morgan fingerprint density at radius 2 is 1.96 bits per heavy atom. The molecular formula is C17H13BrN2O3. The van der Waals surface area contributed by atoms with E-state index in [0.717, 1.165) is 5.56 Å². The van der Waals surface area contributed by atoms with Crippen LogP contribution in [0.2, 0.25) is 0 Å². The summed E-state index contributed by atoms with van der Waals surface area (Å²) in [4.78, 5) is 27.2. The van der Waals surface area contributed by atoms with E-state index >= 15 is 0 Å². The molecule has 0 spiro atoms. The molecule has 0 saturated heterocycles. The smallest absolute Gasteiger partial charge is 0.265 e. The van der Waals surface area contributed by atoms with Gasteiger partial charge in [0.1, 0.15) is 11.3 Å². The maximum atomic E-state index is 12.4. The number of nitrogens with one attached hydrogen (secondary N) is 2. The van der Waals surface area contributed by atoms with Crippen LogP contribution in [-0.4, -0.2) is 16.0 Å². The van der Waals surface area contributed by atoms with Crippen LogP contribution in [0.3, 0.4) is 0 Å². The molecular weight excluding hydrogens is 360 g/mol. The van der Waals surface area contributed by atoms with Crippen molar-refractivity contribution in [3.05, 3.63) is 68.4 Å². The van der Waals surface area contributed by atoms with Gasteiger partial charge in [-0.1, -0.05) is 18.2 Å². The van der Waals surface area contributed by atoms with Gasteiger partial charge in [0.05, 0.1) is 11.2 Å². The molecule has 1 amide bonds. The molecule has 0 atom stereocenters. The number of aromatic hydroxyl groups is 1. The summed E-state index contributed by atoms with van der Waals surface area (Å²) >= 11 is 3.36. The number of aryl methyl sites for hydroxylation is 1. The number of carbonyl (C=O) groups is 1. The Kier molecular flexibility index (Phi) is 3.92. The van der Waals surface area contributed by atoms with Crippen molar-refractivity contribution in [2.24, 2.45) is 0 Å². The van der Waals surface area contributed by atoms with Crippen LogP contribution in [0.25, 0.3) is 10.9 Å². The fourth-order valence-corrected chi connectivity index (χ4v) is 2.93. The maximum Gasteiger partial charge on any atom is 0.265 e. The van der Waals surface area contributed by atoms with Crippen molar-refractivity contribution in [1.29, 1.82) is 0 Å². The molecule has 3 N–H and O–H groups in total. The quantitative estimate of drug-likeness (QED) is 0.643. The number of halogens is 1. The molecule has 0 bridgehead atoms. The van der Waals surface area contributed by atoms with E-state index in [1.54, 1.807) is 30.3 Å². The predicted octanol–water partition coefficient (Wildman–Crippen LogP) is 3.56. The summed E-state index contributed by atoms with van der Waals surface area (Å²) in [5.41, 5.74) is 1.08. The second-order valence-electron chi connectivity index (χ2n) is 5.16. The molecule has 1 heterocycles. The summed E-state index contributed by atoms with van der Waals surface area (Å²) < 4.78 is 0.697. The molecule has 0 saturated carbocycles. The van der Waals surface area contributed by atoms with Crippen LogP contribution in [0.5, 0.6) is 5.75 Å². The summed E-state index contributed by atoms with van der Waals surface area (Å²) in [6.07, 6.45) is 0. The van der Waals surface area contributed by atoms with Gasteiger partial charge in [-0.2, -0.15) is 0 Å². The molecule has 0 unspecified atom stereocenters. The number of anilines is 1. The molecule has 0 fully saturated rings. The molecule has 0 aliphatic rings. The number of hydrogen-bond acceptors (Lipinski definition) is 3. The first kappa shape index (κ1) is 15.3. The standard InChI is InChI=1S/C17H13BrN2O3/c1-9-6-7-13(11(18)8-9)20-17(23)14-15(21)10-4-2-3-5-12(10)19-16(14)22/h2-8H,1H3,(H,20,23)(H2,19,21,22). The first-order chi connectivity index (χ1) is 11.0. The summed E-state index contributed by atoms with van der Waals surface area (Å²) in [7, 11) is 0. The number of pyridine rings is 1. The fourth-order valence-electron chi connectivity index (χ4n) is 2.34. The van der Waals surface area contributed by atoms with Gasteiger partial charge < -0.3 is 15.4 Å². The predicted molar refractivity (Wildman–Crippen MR) is 93.1 cm³/mol. The fraction of sp³-hybridized carbons (Fsp3) is 0.0588. The molecule has 23 heavy (non-hydrogen) atoms. The topological polar surface area (TPSA) is 82.2 Å². The summed E-state index contributed by atoms with van der Waals surface area (Å²) in [6, 6.07) is 12.2. The zero-order valence-corrected chi connectivity index (χ0v) is 13.8. The van der Waals surface area contributed by atoms with E-state index in [1.165, 1.54) is 0 Å². The van der Waals surface area contributed by atoms with Gasteiger partial charge in [0, 0.05) is 9.86 Å². The van der Waals surface area contributed by atoms with Crippen molar-refractivity contribution in [3.8, 4) is 5.75 Å². The number of benzene rings is 2. The first-order valence-corrected chi connectivity index (χ1v) is 7.68. The molecule has 0 aliphatic carbocycles. The lowest BCUT2D eigenvalue weighted by Gasteiger charge is -2.10. The van der Waals surface area contributed by atoms with Crippen molar-refractivity contribution in [1.82, 2.24) is 4.98 Å². The van der Waals surface area contributed by atoms with Crippen LogP contribution in [0.15, 0.2) is 51.7 Å². The van der Waals surface area contributed by atoms with E-state index in [2.05, 4.69) is 26.2 Å². The van der Waals surface area contributed by atoms with E-state index in [4.69, 9.17) is 0 Å². The highest BCUT2D eigenvalue weighted by molar-refractivity contribution is 9.10. The lowest BCUT2D eigenvalue weighted by molar-refractivity contribution is 0.102. The molecule has 0 radical (unpaired) electrons. The lowest BCUT2D eigenvalue weighted by atomic mass is 10.1. The third kappa shape index (κ3) is 2.85. The highest BCUT2D eigenvalue weighted by Crippen LogP contribution is 2.27. The van der Waals surface area contributed by atoms with Gasteiger partial charge in [-0.3, -0.25) is 9.59 Å². The average molecular weight is 373 g/mol. The van der Waals surface area contributed by atoms with E-state index in [1.807, 2.05) is 19.1 Å². The molecule has 116 valence electrons. The molecule has 0 aliphatic heterocycles. The average Bonchev–Trinajstić information content (AvgIpc) is 2.50. The minimum atomic E-state index is -0.668. The number of rotatable bonds is 2. The van der Waals surface area contributed by atoms with Crippen molar-refractivity contribution in [3.63, 3.8) is 0 Å². The number of para-hydroxylation sites is 1. The van der Waals surface area contributed by atoms with Crippen LogP contribution in [-0.2, 0) is 0 Å². The van der Waals surface area contributed by atoms with Crippen molar-refractivity contribution < 1.29 is 9.90 Å². The Labute approximate surface area is 140 Å². The van der Waals surface area contributed by atoms with Crippen molar-refractivity contribution in [2.45, 2.75) is 6.92 Å². The van der Waals surface area contributed by atoms with Gasteiger partial charge in [0.2, 0.25) is 0 Å². The normalized spacial score (nSPS) is 10.7. The minimum absolute atomic E-state index is 0.309. The molecule has 2 aromatic carbocycles. The SMILES string of the molecule is Cc1ccc(NC(=O)c2c(O)c3ccccc3[nH]c2=O)c(Br)c1. The first-order valence-electron chi connectivity index (χ1n) is 6.89. The molecule has 5 nitrogen and oxygen atoms in total. The van der Waals surface area contributed by atoms with Crippen LogP contribution in [0, 0.1) is 6.92 Å². The number of hydrogen-bond donors (Lipinski definition) is 3. The molecule has 1 aromatic heterocycles. The second kappa shape index (κ2) is 5.89. The Bertz CT molecular complexity index is 979. The van der Waals surface area contributed by atoms with Gasteiger partial charge in [-0.15, -0.1) is 0 Å². The maximum absolute atomic E-state index is 12.4. The monoisotopic (exact) mass is 372 g/mol. The number of amides is 1. The second-order valence-corrected chi connectivity index (χ2v) is 6.02. The van der Waals surface area contributed by atoms with Gasteiger partial charge in [-0.25, -0.2) is 0 Å². The highest BCUT2D eigenvalue weighted by atomic mass is 79.9. The van der Waals surface area contributed by atoms with Gasteiger partial charge in [-0.05, 0) is 52.7 Å². The number of fused-ring (bicyclic) bond motifs is 1. The van der Waals surface area contributed by atoms with E-state index in [0.29, 0.717) is 21.1 Å². The third-order valence-electron chi connectivity index (χ3n) is 3.49. The lowest BCUT2D eigenvalue weighted by Crippen LogP contribution is -2.23. The van der Waals surface area contributed by atoms with Crippen LogP contribution in [0.1, 0.15) is 15.9 Å². The van der Waals surface area contributed by atoms with E-state index < -0.39 is 11.5 Å². The van der Waals surface area contributed by atoms with Crippen molar-refractivity contribution in [2.75, 3.05) is 5.32 Å². The van der Waals surface area contributed by atoms with E-state index in [-0.39, 0.29) is 11.3 Å². The zero-order chi connectivity index (χ0) is 16.6. The van der Waals surface area contributed by atoms with Crippen LogP contribution >= 0.6 is 15.9 Å². The third-order valence-corrected chi connectivity index (χ3v) is 4.15. The van der Waals surface area contributed by atoms with Crippen LogP contribution < -0.4 is 10.9 Å². The van der Waals surface area contributed by atoms with E-state index in [9.17, 15) is 14.7 Å². The molecule has 3 aromatic rings. The highest BCUT2D eigenvalue weighted by Gasteiger charge is 2.19.